The average Bonchev–Trinajstić information content (AvgIpc) is 2.12. The second-order valence-electron chi connectivity index (χ2n) is 3.74. The zero-order valence-electron chi connectivity index (χ0n) is 8.08. The summed E-state index contributed by atoms with van der Waals surface area (Å²) in [6.45, 7) is 4.81. The Balaban J connectivity index is 2.44. The molecule has 2 heteroatoms. The highest BCUT2D eigenvalue weighted by molar-refractivity contribution is 5.35. The molecule has 1 heterocycles. The Kier molecular flexibility index (Phi) is 2.10. The third-order valence-electron chi connectivity index (χ3n) is 2.67. The van der Waals surface area contributed by atoms with Gasteiger partial charge in [0.2, 0.25) is 0 Å². The van der Waals surface area contributed by atoms with E-state index in [-0.39, 0.29) is 12.1 Å². The van der Waals surface area contributed by atoms with Gasteiger partial charge >= 0.3 is 0 Å². The van der Waals surface area contributed by atoms with Crippen molar-refractivity contribution in [3.8, 4) is 0 Å². The SMILES string of the molecule is Cc1ccc2c(c1)CO[C@@H](C)[C@@H]2N. The van der Waals surface area contributed by atoms with Crippen molar-refractivity contribution in [1.29, 1.82) is 0 Å². The molecular formula is C11H15NO. The Morgan fingerprint density at radius 1 is 1.46 bits per heavy atom. The molecule has 0 aromatic heterocycles. The van der Waals surface area contributed by atoms with Gasteiger partial charge in [0, 0.05) is 0 Å². The second kappa shape index (κ2) is 3.13. The number of hydrogen-bond donors (Lipinski definition) is 1. The predicted octanol–water partition coefficient (Wildman–Crippen LogP) is 1.91. The summed E-state index contributed by atoms with van der Waals surface area (Å²) in [6, 6.07) is 6.41. The van der Waals surface area contributed by atoms with Crippen molar-refractivity contribution in [3.63, 3.8) is 0 Å². The van der Waals surface area contributed by atoms with Crippen LogP contribution in [0.5, 0.6) is 0 Å². The summed E-state index contributed by atoms with van der Waals surface area (Å²) in [7, 11) is 0. The van der Waals surface area contributed by atoms with Crippen LogP contribution in [0.1, 0.15) is 29.7 Å². The first-order valence-corrected chi connectivity index (χ1v) is 4.65. The van der Waals surface area contributed by atoms with Crippen molar-refractivity contribution in [1.82, 2.24) is 0 Å². The van der Waals surface area contributed by atoms with Gasteiger partial charge in [0.15, 0.2) is 0 Å². The summed E-state index contributed by atoms with van der Waals surface area (Å²) in [6.07, 6.45) is 0.134. The summed E-state index contributed by atoms with van der Waals surface area (Å²) in [5.74, 6) is 0. The van der Waals surface area contributed by atoms with Gasteiger partial charge in [-0.25, -0.2) is 0 Å². The first kappa shape index (κ1) is 8.73. The van der Waals surface area contributed by atoms with E-state index in [0.717, 1.165) is 0 Å². The Bertz CT molecular complexity index is 322. The van der Waals surface area contributed by atoms with Gasteiger partial charge in [0.05, 0.1) is 18.8 Å². The first-order chi connectivity index (χ1) is 6.18. The minimum absolute atomic E-state index is 0.0318. The zero-order valence-corrected chi connectivity index (χ0v) is 8.08. The fourth-order valence-electron chi connectivity index (χ4n) is 1.76. The molecule has 0 fully saturated rings. The summed E-state index contributed by atoms with van der Waals surface area (Å²) >= 11 is 0. The maximum atomic E-state index is 6.01. The van der Waals surface area contributed by atoms with Crippen LogP contribution in [0.15, 0.2) is 18.2 Å². The Morgan fingerprint density at radius 2 is 2.23 bits per heavy atom. The van der Waals surface area contributed by atoms with Crippen LogP contribution in [0.3, 0.4) is 0 Å². The summed E-state index contributed by atoms with van der Waals surface area (Å²) in [4.78, 5) is 0. The lowest BCUT2D eigenvalue weighted by atomic mass is 9.94. The Labute approximate surface area is 78.7 Å². The molecule has 0 spiro atoms. The molecule has 0 saturated heterocycles. The molecule has 0 aliphatic carbocycles. The number of fused-ring (bicyclic) bond motifs is 1. The van der Waals surface area contributed by atoms with Gasteiger partial charge in [-0.1, -0.05) is 23.8 Å². The fourth-order valence-corrected chi connectivity index (χ4v) is 1.76. The van der Waals surface area contributed by atoms with Gasteiger partial charge in [-0.2, -0.15) is 0 Å². The molecule has 2 atom stereocenters. The number of rotatable bonds is 0. The molecule has 2 rings (SSSR count). The molecule has 0 radical (unpaired) electrons. The van der Waals surface area contributed by atoms with Crippen LogP contribution in [-0.2, 0) is 11.3 Å². The number of aryl methyl sites for hydroxylation is 1. The van der Waals surface area contributed by atoms with Gasteiger partial charge in [0.25, 0.3) is 0 Å². The van der Waals surface area contributed by atoms with Crippen molar-refractivity contribution in [3.05, 3.63) is 34.9 Å². The lowest BCUT2D eigenvalue weighted by Gasteiger charge is -2.28. The van der Waals surface area contributed by atoms with Gasteiger partial charge in [0.1, 0.15) is 0 Å². The lowest BCUT2D eigenvalue weighted by Crippen LogP contribution is -2.31. The fraction of sp³-hybridized carbons (Fsp3) is 0.455. The van der Waals surface area contributed by atoms with Crippen LogP contribution in [0.4, 0.5) is 0 Å². The quantitative estimate of drug-likeness (QED) is 0.657. The van der Waals surface area contributed by atoms with Crippen LogP contribution in [0.2, 0.25) is 0 Å². The molecule has 0 bridgehead atoms. The van der Waals surface area contributed by atoms with E-state index >= 15 is 0 Å². The third-order valence-corrected chi connectivity index (χ3v) is 2.67. The molecule has 13 heavy (non-hydrogen) atoms. The topological polar surface area (TPSA) is 35.2 Å². The van der Waals surface area contributed by atoms with Gasteiger partial charge < -0.3 is 10.5 Å². The van der Waals surface area contributed by atoms with Crippen molar-refractivity contribution < 1.29 is 4.74 Å². The average molecular weight is 177 g/mol. The standard InChI is InChI=1S/C11H15NO/c1-7-3-4-10-9(5-7)6-13-8(2)11(10)12/h3-5,8,11H,6,12H2,1-2H3/t8-,11-/m0/s1. The summed E-state index contributed by atoms with van der Waals surface area (Å²) in [5, 5.41) is 0. The van der Waals surface area contributed by atoms with E-state index in [1.807, 2.05) is 6.92 Å². The molecule has 1 aliphatic heterocycles. The van der Waals surface area contributed by atoms with Crippen LogP contribution >= 0.6 is 0 Å². The van der Waals surface area contributed by atoms with E-state index in [4.69, 9.17) is 10.5 Å². The highest BCUT2D eigenvalue weighted by atomic mass is 16.5. The van der Waals surface area contributed by atoms with Crippen molar-refractivity contribution in [2.75, 3.05) is 0 Å². The molecule has 2 nitrogen and oxygen atoms in total. The maximum absolute atomic E-state index is 6.01. The molecule has 1 aliphatic rings. The normalized spacial score (nSPS) is 27.0. The van der Waals surface area contributed by atoms with Crippen LogP contribution in [-0.4, -0.2) is 6.10 Å². The zero-order chi connectivity index (χ0) is 9.42. The molecule has 0 amide bonds. The molecule has 0 saturated carbocycles. The number of benzene rings is 1. The van der Waals surface area contributed by atoms with Gasteiger partial charge in [-0.15, -0.1) is 0 Å². The van der Waals surface area contributed by atoms with Crippen LogP contribution < -0.4 is 5.73 Å². The summed E-state index contributed by atoms with van der Waals surface area (Å²) < 4.78 is 5.55. The maximum Gasteiger partial charge on any atom is 0.0744 e. The lowest BCUT2D eigenvalue weighted by molar-refractivity contribution is 0.0213. The minimum atomic E-state index is 0.0318. The van der Waals surface area contributed by atoms with Crippen LogP contribution in [0, 0.1) is 6.92 Å². The van der Waals surface area contributed by atoms with Crippen LogP contribution in [0.25, 0.3) is 0 Å². The molecule has 2 N–H and O–H groups in total. The van der Waals surface area contributed by atoms with Crippen molar-refractivity contribution in [2.24, 2.45) is 5.73 Å². The predicted molar refractivity (Wildman–Crippen MR) is 52.4 cm³/mol. The van der Waals surface area contributed by atoms with E-state index in [1.165, 1.54) is 16.7 Å². The van der Waals surface area contributed by atoms with E-state index in [0.29, 0.717) is 6.61 Å². The van der Waals surface area contributed by atoms with Gasteiger partial charge in [-0.05, 0) is 25.0 Å². The van der Waals surface area contributed by atoms with E-state index < -0.39 is 0 Å². The smallest absolute Gasteiger partial charge is 0.0744 e. The molecule has 0 unspecified atom stereocenters. The molecule has 1 aromatic rings. The highest BCUT2D eigenvalue weighted by Gasteiger charge is 2.23. The van der Waals surface area contributed by atoms with E-state index in [2.05, 4.69) is 25.1 Å². The minimum Gasteiger partial charge on any atom is -0.372 e. The monoisotopic (exact) mass is 177 g/mol. The van der Waals surface area contributed by atoms with E-state index in [9.17, 15) is 0 Å². The van der Waals surface area contributed by atoms with Crippen molar-refractivity contribution in [2.45, 2.75) is 32.6 Å². The number of nitrogens with two attached hydrogens (primary N) is 1. The highest BCUT2D eigenvalue weighted by Crippen LogP contribution is 2.27. The van der Waals surface area contributed by atoms with Gasteiger partial charge in [-0.3, -0.25) is 0 Å². The van der Waals surface area contributed by atoms with E-state index in [1.54, 1.807) is 0 Å². The first-order valence-electron chi connectivity index (χ1n) is 4.65. The second-order valence-corrected chi connectivity index (χ2v) is 3.74. The Morgan fingerprint density at radius 3 is 3.00 bits per heavy atom. The number of hydrogen-bond acceptors (Lipinski definition) is 2. The largest absolute Gasteiger partial charge is 0.372 e. The van der Waals surface area contributed by atoms with Crippen molar-refractivity contribution >= 4 is 0 Å². The number of ether oxygens (including phenoxy) is 1. The molecule has 1 aromatic carbocycles. The molecule has 70 valence electrons. The third kappa shape index (κ3) is 1.47. The molecular weight excluding hydrogens is 162 g/mol. The Hall–Kier alpha value is -0.860. The summed E-state index contributed by atoms with van der Waals surface area (Å²) in [5.41, 5.74) is 9.76.